The average Bonchev–Trinajstić information content (AvgIpc) is 2.53. The molecular weight excluding hydrogens is 293 g/mol. The van der Waals surface area contributed by atoms with Gasteiger partial charge in [-0.2, -0.15) is 0 Å². The first-order chi connectivity index (χ1) is 11.0. The van der Waals surface area contributed by atoms with Crippen molar-refractivity contribution in [3.05, 3.63) is 58.9 Å². The van der Waals surface area contributed by atoms with Gasteiger partial charge in [-0.3, -0.25) is 0 Å². The van der Waals surface area contributed by atoms with Gasteiger partial charge in [-0.1, -0.05) is 17.7 Å². The number of rotatable bonds is 7. The zero-order valence-corrected chi connectivity index (χ0v) is 13.9. The maximum absolute atomic E-state index is 13.5. The highest BCUT2D eigenvalue weighted by molar-refractivity contribution is 5.37. The second-order valence-electron chi connectivity index (χ2n) is 5.72. The number of benzene rings is 2. The van der Waals surface area contributed by atoms with Crippen LogP contribution in [0.25, 0.3) is 0 Å². The number of methoxy groups -OCH3 is 1. The van der Waals surface area contributed by atoms with Crippen LogP contribution in [0, 0.1) is 19.7 Å². The van der Waals surface area contributed by atoms with E-state index in [0.717, 1.165) is 16.9 Å². The molecule has 0 aliphatic rings. The molecule has 4 heteroatoms. The normalized spacial score (nSPS) is 12.0. The third-order valence-corrected chi connectivity index (χ3v) is 3.97. The smallest absolute Gasteiger partial charge is 0.123 e. The predicted molar refractivity (Wildman–Crippen MR) is 90.8 cm³/mol. The Bertz CT molecular complexity index is 658. The van der Waals surface area contributed by atoms with Crippen molar-refractivity contribution in [1.82, 2.24) is 0 Å². The second kappa shape index (κ2) is 7.97. The van der Waals surface area contributed by atoms with E-state index in [-0.39, 0.29) is 11.7 Å². The van der Waals surface area contributed by atoms with Crippen LogP contribution in [0.4, 0.5) is 4.39 Å². The monoisotopic (exact) mass is 317 g/mol. The highest BCUT2D eigenvalue weighted by Gasteiger charge is 2.16. The van der Waals surface area contributed by atoms with Gasteiger partial charge in [-0.25, -0.2) is 4.39 Å². The fraction of sp³-hybridized carbons (Fsp3) is 0.368. The topological polar surface area (TPSA) is 44.5 Å². The Morgan fingerprint density at radius 3 is 2.48 bits per heavy atom. The highest BCUT2D eigenvalue weighted by Crippen LogP contribution is 2.29. The summed E-state index contributed by atoms with van der Waals surface area (Å²) >= 11 is 0. The Labute approximate surface area is 137 Å². The molecule has 124 valence electrons. The summed E-state index contributed by atoms with van der Waals surface area (Å²) in [7, 11) is 1.58. The van der Waals surface area contributed by atoms with Crippen molar-refractivity contribution in [2.24, 2.45) is 5.73 Å². The highest BCUT2D eigenvalue weighted by atomic mass is 19.1. The van der Waals surface area contributed by atoms with Gasteiger partial charge in [0, 0.05) is 11.5 Å². The molecule has 2 aromatic rings. The standard InChI is InChI=1S/C19H24FNO2/c1-13-4-6-18(14(2)10-13)23-9-8-15(12-21)17-11-16(20)5-7-19(17)22-3/h4-7,10-11,15H,8-9,12,21H2,1-3H3. The minimum atomic E-state index is -0.283. The Hall–Kier alpha value is -2.07. The van der Waals surface area contributed by atoms with Crippen molar-refractivity contribution in [3.63, 3.8) is 0 Å². The number of halogens is 1. The first-order valence-electron chi connectivity index (χ1n) is 7.78. The van der Waals surface area contributed by atoms with Gasteiger partial charge >= 0.3 is 0 Å². The fourth-order valence-corrected chi connectivity index (χ4v) is 2.70. The van der Waals surface area contributed by atoms with Crippen molar-refractivity contribution in [2.75, 3.05) is 20.3 Å². The third-order valence-electron chi connectivity index (χ3n) is 3.97. The number of nitrogens with two attached hydrogens (primary N) is 1. The van der Waals surface area contributed by atoms with Crippen LogP contribution in [0.2, 0.25) is 0 Å². The van der Waals surface area contributed by atoms with E-state index in [0.29, 0.717) is 25.3 Å². The Balaban J connectivity index is 2.04. The molecule has 1 atom stereocenters. The van der Waals surface area contributed by atoms with Crippen LogP contribution < -0.4 is 15.2 Å². The SMILES string of the molecule is COc1ccc(F)cc1C(CN)CCOc1ccc(C)cc1C. The molecule has 0 saturated heterocycles. The summed E-state index contributed by atoms with van der Waals surface area (Å²) in [6, 6.07) is 10.6. The molecule has 0 spiro atoms. The van der Waals surface area contributed by atoms with Crippen molar-refractivity contribution >= 4 is 0 Å². The first kappa shape index (κ1) is 17.3. The van der Waals surface area contributed by atoms with E-state index in [2.05, 4.69) is 13.0 Å². The lowest BCUT2D eigenvalue weighted by Gasteiger charge is -2.19. The lowest BCUT2D eigenvalue weighted by Crippen LogP contribution is -2.17. The molecule has 0 heterocycles. The summed E-state index contributed by atoms with van der Waals surface area (Å²) in [5.74, 6) is 1.24. The summed E-state index contributed by atoms with van der Waals surface area (Å²) in [5, 5.41) is 0. The van der Waals surface area contributed by atoms with E-state index in [4.69, 9.17) is 15.2 Å². The molecule has 0 bridgehead atoms. The number of aryl methyl sites for hydroxylation is 2. The van der Waals surface area contributed by atoms with Crippen molar-refractivity contribution in [1.29, 1.82) is 0 Å². The number of hydrogen-bond donors (Lipinski definition) is 1. The zero-order valence-electron chi connectivity index (χ0n) is 13.9. The third kappa shape index (κ3) is 4.45. The van der Waals surface area contributed by atoms with E-state index in [1.165, 1.54) is 17.7 Å². The molecule has 0 aromatic heterocycles. The summed E-state index contributed by atoms with van der Waals surface area (Å²) in [6.45, 7) is 5.01. The van der Waals surface area contributed by atoms with Crippen LogP contribution >= 0.6 is 0 Å². The van der Waals surface area contributed by atoms with E-state index in [1.54, 1.807) is 13.2 Å². The molecular formula is C19H24FNO2. The average molecular weight is 317 g/mol. The second-order valence-corrected chi connectivity index (χ2v) is 5.72. The van der Waals surface area contributed by atoms with Gasteiger partial charge in [-0.05, 0) is 56.6 Å². The predicted octanol–water partition coefficient (Wildman–Crippen LogP) is 3.96. The minimum absolute atomic E-state index is 0.00796. The van der Waals surface area contributed by atoms with Crippen molar-refractivity contribution in [2.45, 2.75) is 26.2 Å². The molecule has 3 nitrogen and oxygen atoms in total. The Kier molecular flexibility index (Phi) is 5.99. The number of hydrogen-bond acceptors (Lipinski definition) is 3. The lowest BCUT2D eigenvalue weighted by atomic mass is 9.95. The molecule has 0 aliphatic carbocycles. The first-order valence-corrected chi connectivity index (χ1v) is 7.78. The van der Waals surface area contributed by atoms with Gasteiger partial charge in [0.15, 0.2) is 0 Å². The van der Waals surface area contributed by atoms with E-state index in [9.17, 15) is 4.39 Å². The summed E-state index contributed by atoms with van der Waals surface area (Å²) < 4.78 is 24.7. The van der Waals surface area contributed by atoms with E-state index < -0.39 is 0 Å². The summed E-state index contributed by atoms with van der Waals surface area (Å²) in [4.78, 5) is 0. The molecule has 1 unspecified atom stereocenters. The summed E-state index contributed by atoms with van der Waals surface area (Å²) in [5.41, 5.74) is 8.98. The van der Waals surface area contributed by atoms with Gasteiger partial charge in [-0.15, -0.1) is 0 Å². The number of ether oxygens (including phenoxy) is 2. The molecule has 0 amide bonds. The van der Waals surface area contributed by atoms with E-state index >= 15 is 0 Å². The molecule has 23 heavy (non-hydrogen) atoms. The van der Waals surface area contributed by atoms with Crippen LogP contribution in [0.3, 0.4) is 0 Å². The van der Waals surface area contributed by atoms with Gasteiger partial charge in [0.1, 0.15) is 17.3 Å². The Morgan fingerprint density at radius 1 is 1.09 bits per heavy atom. The zero-order chi connectivity index (χ0) is 16.8. The molecule has 2 rings (SSSR count). The van der Waals surface area contributed by atoms with Gasteiger partial charge in [0.25, 0.3) is 0 Å². The Morgan fingerprint density at radius 2 is 1.83 bits per heavy atom. The molecule has 0 radical (unpaired) electrons. The van der Waals surface area contributed by atoms with Gasteiger partial charge in [0.2, 0.25) is 0 Å². The molecule has 0 fully saturated rings. The van der Waals surface area contributed by atoms with Crippen LogP contribution in [-0.4, -0.2) is 20.3 Å². The quantitative estimate of drug-likeness (QED) is 0.840. The molecule has 0 saturated carbocycles. The largest absolute Gasteiger partial charge is 0.496 e. The fourth-order valence-electron chi connectivity index (χ4n) is 2.70. The molecule has 0 aliphatic heterocycles. The van der Waals surface area contributed by atoms with Gasteiger partial charge in [0.05, 0.1) is 13.7 Å². The molecule has 2 N–H and O–H groups in total. The lowest BCUT2D eigenvalue weighted by molar-refractivity contribution is 0.294. The van der Waals surface area contributed by atoms with E-state index in [1.807, 2.05) is 19.1 Å². The minimum Gasteiger partial charge on any atom is -0.496 e. The summed E-state index contributed by atoms with van der Waals surface area (Å²) in [6.07, 6.45) is 0.698. The van der Waals surface area contributed by atoms with Crippen LogP contribution in [-0.2, 0) is 0 Å². The maximum Gasteiger partial charge on any atom is 0.123 e. The molecule has 2 aromatic carbocycles. The van der Waals surface area contributed by atoms with Gasteiger partial charge < -0.3 is 15.2 Å². The van der Waals surface area contributed by atoms with Crippen LogP contribution in [0.1, 0.15) is 29.0 Å². The van der Waals surface area contributed by atoms with Crippen molar-refractivity contribution in [3.8, 4) is 11.5 Å². The van der Waals surface area contributed by atoms with Crippen molar-refractivity contribution < 1.29 is 13.9 Å². The van der Waals surface area contributed by atoms with Crippen LogP contribution in [0.15, 0.2) is 36.4 Å². The van der Waals surface area contributed by atoms with Crippen LogP contribution in [0.5, 0.6) is 11.5 Å². The maximum atomic E-state index is 13.5.